The van der Waals surface area contributed by atoms with Crippen molar-refractivity contribution in [1.82, 2.24) is 14.9 Å². The molecule has 0 radical (unpaired) electrons. The number of ether oxygens (including phenoxy) is 1. The van der Waals surface area contributed by atoms with Crippen LogP contribution in [0.2, 0.25) is 10.0 Å². The molecule has 8 nitrogen and oxygen atoms in total. The fraction of sp³-hybridized carbons (Fsp3) is 0.522. The van der Waals surface area contributed by atoms with Gasteiger partial charge in [0.15, 0.2) is 0 Å². The molecule has 0 spiro atoms. The van der Waals surface area contributed by atoms with Gasteiger partial charge < -0.3 is 25.2 Å². The number of aromatic nitrogens is 2. The molecule has 1 amide bonds. The highest BCUT2D eigenvalue weighted by Gasteiger charge is 2.45. The van der Waals surface area contributed by atoms with Gasteiger partial charge in [-0.2, -0.15) is 0 Å². The first-order valence-corrected chi connectivity index (χ1v) is 12.0. The second-order valence-corrected chi connectivity index (χ2v) is 8.77. The highest BCUT2D eigenvalue weighted by atomic mass is 35.5. The second-order valence-electron chi connectivity index (χ2n) is 7.93. The zero-order valence-electron chi connectivity index (χ0n) is 19.1. The van der Waals surface area contributed by atoms with Crippen LogP contribution in [0.3, 0.4) is 0 Å². The molecule has 3 rings (SSSR count). The number of carboxylic acid groups (broad SMARTS) is 1. The lowest BCUT2D eigenvalue weighted by Crippen LogP contribution is -2.44. The van der Waals surface area contributed by atoms with Crippen molar-refractivity contribution in [3.63, 3.8) is 0 Å². The SMILES string of the molecule is CCc1nc(-c2ccc(Cl)cc2Cl)c(CC)nc1N[C@@H]1C(CCO)N(C(=O)O)C[C@@H]1OCCF. The standard InChI is InChI=1S/C23H29Cl2FN4O4/c1-3-16-20(14-6-5-13(24)11-15(14)25)27-17(4-2)22(28-16)29-21-18(7-9-31)30(23(32)33)12-19(21)34-10-8-26/h5-6,11,18-19,21,31H,3-4,7-10,12H2,1-2H3,(H,28,29)(H,32,33)/t18?,19-,21+/m0/s1. The summed E-state index contributed by atoms with van der Waals surface area (Å²) in [4.78, 5) is 22.7. The topological polar surface area (TPSA) is 108 Å². The maximum Gasteiger partial charge on any atom is 0.407 e. The Bertz CT molecular complexity index is 1010. The predicted octanol–water partition coefficient (Wildman–Crippen LogP) is 4.46. The van der Waals surface area contributed by atoms with Crippen LogP contribution in [0.1, 0.15) is 31.7 Å². The number of hydrogen-bond donors (Lipinski definition) is 3. The molecule has 1 aliphatic rings. The van der Waals surface area contributed by atoms with E-state index in [1.165, 1.54) is 4.90 Å². The van der Waals surface area contributed by atoms with Crippen molar-refractivity contribution in [3.8, 4) is 11.3 Å². The number of anilines is 1. The number of nitrogens with zero attached hydrogens (tertiary/aromatic N) is 3. The number of carbonyl (C=O) groups is 1. The molecule has 1 aromatic carbocycles. The molecular formula is C23H29Cl2FN4O4. The van der Waals surface area contributed by atoms with Gasteiger partial charge in [-0.25, -0.2) is 19.2 Å². The minimum atomic E-state index is -1.12. The Kier molecular flexibility index (Phi) is 9.30. The van der Waals surface area contributed by atoms with Gasteiger partial charge in [0.05, 0.1) is 53.4 Å². The van der Waals surface area contributed by atoms with E-state index in [9.17, 15) is 19.4 Å². The molecule has 1 unspecified atom stereocenters. The molecule has 1 saturated heterocycles. The highest BCUT2D eigenvalue weighted by Crippen LogP contribution is 2.34. The summed E-state index contributed by atoms with van der Waals surface area (Å²) in [5.74, 6) is 0.502. The van der Waals surface area contributed by atoms with E-state index in [1.807, 2.05) is 13.8 Å². The molecule has 11 heteroatoms. The number of alkyl halides is 1. The van der Waals surface area contributed by atoms with Crippen LogP contribution in [0.15, 0.2) is 18.2 Å². The fourth-order valence-corrected chi connectivity index (χ4v) is 4.78. The fourth-order valence-electron chi connectivity index (χ4n) is 4.28. The van der Waals surface area contributed by atoms with Crippen LogP contribution in [0.5, 0.6) is 0 Å². The Balaban J connectivity index is 2.02. The van der Waals surface area contributed by atoms with Gasteiger partial charge in [0.1, 0.15) is 12.5 Å². The molecule has 0 bridgehead atoms. The number of nitrogens with one attached hydrogen (secondary N) is 1. The number of benzene rings is 1. The van der Waals surface area contributed by atoms with Gasteiger partial charge in [-0.3, -0.25) is 0 Å². The maximum atomic E-state index is 12.8. The molecule has 186 valence electrons. The third-order valence-corrected chi connectivity index (χ3v) is 6.42. The Morgan fingerprint density at radius 2 is 2.00 bits per heavy atom. The number of aliphatic hydroxyl groups excluding tert-OH is 1. The van der Waals surface area contributed by atoms with E-state index >= 15 is 0 Å². The molecule has 3 atom stereocenters. The summed E-state index contributed by atoms with van der Waals surface area (Å²) in [5, 5.41) is 23.5. The first kappa shape index (κ1) is 26.4. The third-order valence-electron chi connectivity index (χ3n) is 5.87. The van der Waals surface area contributed by atoms with Crippen LogP contribution < -0.4 is 5.32 Å². The largest absolute Gasteiger partial charge is 0.465 e. The van der Waals surface area contributed by atoms with Crippen molar-refractivity contribution in [2.24, 2.45) is 0 Å². The first-order valence-electron chi connectivity index (χ1n) is 11.2. The molecule has 34 heavy (non-hydrogen) atoms. The highest BCUT2D eigenvalue weighted by molar-refractivity contribution is 6.36. The molecule has 2 aromatic rings. The Labute approximate surface area is 208 Å². The average molecular weight is 515 g/mol. The second kappa shape index (κ2) is 12.0. The van der Waals surface area contributed by atoms with E-state index in [-0.39, 0.29) is 26.2 Å². The van der Waals surface area contributed by atoms with Crippen LogP contribution in [0.4, 0.5) is 15.0 Å². The minimum Gasteiger partial charge on any atom is -0.465 e. The number of halogens is 3. The maximum absolute atomic E-state index is 12.8. The van der Waals surface area contributed by atoms with Crippen molar-refractivity contribution >= 4 is 35.1 Å². The van der Waals surface area contributed by atoms with Gasteiger partial charge in [-0.15, -0.1) is 0 Å². The van der Waals surface area contributed by atoms with Crippen molar-refractivity contribution < 1.29 is 24.1 Å². The van der Waals surface area contributed by atoms with E-state index in [1.54, 1.807) is 18.2 Å². The number of rotatable bonds is 10. The normalized spacial score (nSPS) is 20.1. The number of amides is 1. The molecule has 0 saturated carbocycles. The van der Waals surface area contributed by atoms with Gasteiger partial charge in [0, 0.05) is 17.2 Å². The lowest BCUT2D eigenvalue weighted by molar-refractivity contribution is 0.0449. The first-order chi connectivity index (χ1) is 16.3. The van der Waals surface area contributed by atoms with Crippen molar-refractivity contribution in [3.05, 3.63) is 39.6 Å². The Hall–Kier alpha value is -2.20. The van der Waals surface area contributed by atoms with Gasteiger partial charge in [-0.1, -0.05) is 37.0 Å². The monoisotopic (exact) mass is 514 g/mol. The van der Waals surface area contributed by atoms with Gasteiger partial charge in [0.25, 0.3) is 0 Å². The quantitative estimate of drug-likeness (QED) is 0.429. The van der Waals surface area contributed by atoms with E-state index in [0.717, 1.165) is 5.56 Å². The Morgan fingerprint density at radius 1 is 1.26 bits per heavy atom. The van der Waals surface area contributed by atoms with Crippen LogP contribution in [0.25, 0.3) is 11.3 Å². The summed E-state index contributed by atoms with van der Waals surface area (Å²) in [6, 6.07) is 4.09. The minimum absolute atomic E-state index is 0.0612. The van der Waals surface area contributed by atoms with E-state index < -0.39 is 31.0 Å². The summed E-state index contributed by atoms with van der Waals surface area (Å²) in [7, 11) is 0. The lowest BCUT2D eigenvalue weighted by atomic mass is 10.0. The molecule has 1 fully saturated rings. The zero-order valence-corrected chi connectivity index (χ0v) is 20.6. The predicted molar refractivity (Wildman–Crippen MR) is 130 cm³/mol. The van der Waals surface area contributed by atoms with Gasteiger partial charge >= 0.3 is 6.09 Å². The summed E-state index contributed by atoms with van der Waals surface area (Å²) in [6.45, 7) is 2.92. The number of hydrogen-bond acceptors (Lipinski definition) is 6. The molecule has 3 N–H and O–H groups in total. The molecule has 2 heterocycles. The zero-order chi connectivity index (χ0) is 24.8. The molecule has 1 aliphatic heterocycles. The van der Waals surface area contributed by atoms with Crippen molar-refractivity contribution in [2.75, 3.05) is 31.7 Å². The average Bonchev–Trinajstić information content (AvgIpc) is 3.15. The molecular weight excluding hydrogens is 486 g/mol. The summed E-state index contributed by atoms with van der Waals surface area (Å²) >= 11 is 12.5. The van der Waals surface area contributed by atoms with E-state index in [0.29, 0.717) is 45.8 Å². The summed E-state index contributed by atoms with van der Waals surface area (Å²) in [5.41, 5.74) is 2.75. The van der Waals surface area contributed by atoms with Crippen LogP contribution >= 0.6 is 23.2 Å². The van der Waals surface area contributed by atoms with Crippen molar-refractivity contribution in [2.45, 2.75) is 51.3 Å². The number of aliphatic hydroxyl groups is 1. The van der Waals surface area contributed by atoms with Crippen molar-refractivity contribution in [1.29, 1.82) is 0 Å². The van der Waals surface area contributed by atoms with Gasteiger partial charge in [-0.05, 0) is 37.5 Å². The smallest absolute Gasteiger partial charge is 0.407 e. The lowest BCUT2D eigenvalue weighted by Gasteiger charge is -2.28. The van der Waals surface area contributed by atoms with E-state index in [2.05, 4.69) is 5.32 Å². The number of likely N-dealkylation sites (tertiary alicyclic amines) is 1. The third kappa shape index (κ3) is 5.71. The summed E-state index contributed by atoms with van der Waals surface area (Å²) in [6.07, 6.45) is -0.403. The molecule has 1 aromatic heterocycles. The van der Waals surface area contributed by atoms with Crippen LogP contribution in [-0.2, 0) is 17.6 Å². The van der Waals surface area contributed by atoms with Crippen LogP contribution in [-0.4, -0.2) is 75.8 Å². The Morgan fingerprint density at radius 3 is 2.59 bits per heavy atom. The summed E-state index contributed by atoms with van der Waals surface area (Å²) < 4.78 is 18.5. The molecule has 0 aliphatic carbocycles. The van der Waals surface area contributed by atoms with E-state index in [4.69, 9.17) is 37.9 Å². The van der Waals surface area contributed by atoms with Crippen LogP contribution in [0, 0.1) is 0 Å². The van der Waals surface area contributed by atoms with Gasteiger partial charge in [0.2, 0.25) is 0 Å². The number of aryl methyl sites for hydroxylation is 2.